The van der Waals surface area contributed by atoms with E-state index in [1.807, 2.05) is 0 Å². The van der Waals surface area contributed by atoms with E-state index in [4.69, 9.17) is 4.74 Å². The van der Waals surface area contributed by atoms with Gasteiger partial charge in [-0.05, 0) is 12.5 Å². The molecule has 0 aromatic heterocycles. The molecule has 4 N–H and O–H groups in total. The maximum atomic E-state index is 9.44. The highest BCUT2D eigenvalue weighted by molar-refractivity contribution is 5.62. The quantitative estimate of drug-likeness (QED) is 0.459. The second-order valence-electron chi connectivity index (χ2n) is 3.23. The van der Waals surface area contributed by atoms with Crippen molar-refractivity contribution in [1.29, 1.82) is 0 Å². The van der Waals surface area contributed by atoms with Crippen LogP contribution in [0.5, 0.6) is 17.2 Å². The molecule has 0 fully saturated rings. The minimum Gasteiger partial charge on any atom is -0.504 e. The van der Waals surface area contributed by atoms with Crippen LogP contribution in [-0.2, 0) is 11.3 Å². The maximum Gasteiger partial charge on any atom is 0.201 e. The molecule has 0 spiro atoms. The van der Waals surface area contributed by atoms with Crippen LogP contribution in [0, 0.1) is 6.92 Å². The van der Waals surface area contributed by atoms with Gasteiger partial charge >= 0.3 is 0 Å². The third-order valence-electron chi connectivity index (χ3n) is 2.47. The number of hydrogen-bond donors (Lipinski definition) is 4. The molecular formula is C9H10O5. The van der Waals surface area contributed by atoms with Crippen LogP contribution < -0.4 is 0 Å². The van der Waals surface area contributed by atoms with Crippen LogP contribution in [0.4, 0.5) is 0 Å². The summed E-state index contributed by atoms with van der Waals surface area (Å²) in [6.45, 7) is 1.69. The first-order valence-electron chi connectivity index (χ1n) is 4.10. The van der Waals surface area contributed by atoms with Crippen molar-refractivity contribution < 1.29 is 25.2 Å². The van der Waals surface area contributed by atoms with Crippen molar-refractivity contribution in [1.82, 2.24) is 0 Å². The fourth-order valence-electron chi connectivity index (χ4n) is 1.60. The summed E-state index contributed by atoms with van der Waals surface area (Å²) in [5, 5.41) is 37.5. The molecule has 0 unspecified atom stereocenters. The summed E-state index contributed by atoms with van der Waals surface area (Å²) in [7, 11) is 0. The molecule has 1 aliphatic heterocycles. The van der Waals surface area contributed by atoms with Gasteiger partial charge in [-0.1, -0.05) is 0 Å². The lowest BCUT2D eigenvalue weighted by Gasteiger charge is -2.11. The molecule has 0 amide bonds. The monoisotopic (exact) mass is 198 g/mol. The lowest BCUT2D eigenvalue weighted by Crippen LogP contribution is -1.94. The van der Waals surface area contributed by atoms with Crippen LogP contribution in [-0.4, -0.2) is 20.4 Å². The molecule has 14 heavy (non-hydrogen) atoms. The van der Waals surface area contributed by atoms with Gasteiger partial charge in [-0.15, -0.1) is 0 Å². The van der Waals surface area contributed by atoms with E-state index in [0.29, 0.717) is 11.1 Å². The Bertz CT molecular complexity index is 399. The number of ether oxygens (including phenoxy) is 1. The number of aromatic hydroxyl groups is 3. The molecule has 5 heteroatoms. The first kappa shape index (κ1) is 9.11. The Morgan fingerprint density at radius 2 is 1.79 bits per heavy atom. The first-order valence-corrected chi connectivity index (χ1v) is 4.10. The lowest BCUT2D eigenvalue weighted by molar-refractivity contribution is -0.0926. The molecule has 5 nitrogen and oxygen atoms in total. The molecule has 0 aliphatic carbocycles. The van der Waals surface area contributed by atoms with Crippen LogP contribution in [0.2, 0.25) is 0 Å². The molecule has 0 saturated carbocycles. The van der Waals surface area contributed by atoms with E-state index in [2.05, 4.69) is 0 Å². The summed E-state index contributed by atoms with van der Waals surface area (Å²) in [6, 6.07) is 0. The summed E-state index contributed by atoms with van der Waals surface area (Å²) in [4.78, 5) is 0. The molecule has 1 atom stereocenters. The summed E-state index contributed by atoms with van der Waals surface area (Å²) in [5.74, 6) is -1.52. The molecule has 0 saturated heterocycles. The molecule has 1 aromatic carbocycles. The molecule has 1 aliphatic rings. The molecular weight excluding hydrogens is 188 g/mol. The highest BCUT2D eigenvalue weighted by Gasteiger charge is 2.30. The number of aliphatic hydroxyl groups excluding tert-OH is 1. The van der Waals surface area contributed by atoms with Crippen LogP contribution >= 0.6 is 0 Å². The van der Waals surface area contributed by atoms with Crippen LogP contribution in [0.1, 0.15) is 23.0 Å². The highest BCUT2D eigenvalue weighted by Crippen LogP contribution is 2.48. The van der Waals surface area contributed by atoms with E-state index >= 15 is 0 Å². The molecule has 76 valence electrons. The summed E-state index contributed by atoms with van der Waals surface area (Å²) in [5.41, 5.74) is 1.06. The fraction of sp³-hybridized carbons (Fsp3) is 0.333. The van der Waals surface area contributed by atoms with Crippen molar-refractivity contribution in [2.24, 2.45) is 0 Å². The van der Waals surface area contributed by atoms with Crippen LogP contribution in [0.25, 0.3) is 0 Å². The van der Waals surface area contributed by atoms with Crippen LogP contribution in [0.3, 0.4) is 0 Å². The number of rotatable bonds is 0. The topological polar surface area (TPSA) is 90.2 Å². The van der Waals surface area contributed by atoms with Gasteiger partial charge in [0.1, 0.15) is 0 Å². The minimum atomic E-state index is -1.24. The number of hydrogen-bond acceptors (Lipinski definition) is 5. The van der Waals surface area contributed by atoms with Gasteiger partial charge in [-0.25, -0.2) is 0 Å². The van der Waals surface area contributed by atoms with Crippen molar-refractivity contribution in [3.05, 3.63) is 16.7 Å². The Morgan fingerprint density at radius 3 is 2.43 bits per heavy atom. The third kappa shape index (κ3) is 0.964. The van der Waals surface area contributed by atoms with Gasteiger partial charge in [0.2, 0.25) is 5.75 Å². The third-order valence-corrected chi connectivity index (χ3v) is 2.47. The molecule has 0 radical (unpaired) electrons. The summed E-state index contributed by atoms with van der Waals surface area (Å²) < 4.78 is 4.87. The summed E-state index contributed by atoms with van der Waals surface area (Å²) in [6.07, 6.45) is -1.24. The van der Waals surface area contributed by atoms with Gasteiger partial charge in [-0.2, -0.15) is 0 Å². The van der Waals surface area contributed by atoms with Gasteiger partial charge in [0.05, 0.1) is 12.2 Å². The normalized spacial score (nSPS) is 19.7. The van der Waals surface area contributed by atoms with Crippen molar-refractivity contribution in [3.63, 3.8) is 0 Å². The number of benzene rings is 1. The standard InChI is InChI=1S/C9H10O5/c1-3-4-2-14-9(13)5(4)7(11)8(12)6(3)10/h9-13H,2H2,1H3/t9-/m0/s1. The Hall–Kier alpha value is -1.46. The Kier molecular flexibility index (Phi) is 1.80. The largest absolute Gasteiger partial charge is 0.504 e. The molecule has 0 bridgehead atoms. The number of aliphatic hydroxyl groups is 1. The maximum absolute atomic E-state index is 9.44. The second-order valence-corrected chi connectivity index (χ2v) is 3.23. The molecule has 2 rings (SSSR count). The zero-order chi connectivity index (χ0) is 10.5. The Labute approximate surface area is 79.8 Å². The van der Waals surface area contributed by atoms with E-state index in [1.54, 1.807) is 6.92 Å². The van der Waals surface area contributed by atoms with Crippen molar-refractivity contribution in [2.45, 2.75) is 19.8 Å². The lowest BCUT2D eigenvalue weighted by atomic mass is 10.0. The van der Waals surface area contributed by atoms with Gasteiger partial charge in [0, 0.05) is 5.56 Å². The van der Waals surface area contributed by atoms with Crippen molar-refractivity contribution in [2.75, 3.05) is 0 Å². The van der Waals surface area contributed by atoms with E-state index in [1.165, 1.54) is 0 Å². The Morgan fingerprint density at radius 1 is 1.14 bits per heavy atom. The second kappa shape index (κ2) is 2.76. The predicted molar refractivity (Wildman–Crippen MR) is 45.9 cm³/mol. The highest BCUT2D eigenvalue weighted by atomic mass is 16.6. The SMILES string of the molecule is Cc1c(O)c(O)c(O)c2c1CO[C@@H]2O. The number of phenolic OH excluding ortho intramolecular Hbond substituents is 3. The van der Waals surface area contributed by atoms with E-state index < -0.39 is 17.8 Å². The average Bonchev–Trinajstić information content (AvgIpc) is 2.54. The van der Waals surface area contributed by atoms with Crippen molar-refractivity contribution >= 4 is 0 Å². The summed E-state index contributed by atoms with van der Waals surface area (Å²) >= 11 is 0. The fourth-order valence-corrected chi connectivity index (χ4v) is 1.60. The smallest absolute Gasteiger partial charge is 0.201 e. The van der Waals surface area contributed by atoms with Gasteiger partial charge in [-0.3, -0.25) is 0 Å². The zero-order valence-electron chi connectivity index (χ0n) is 7.48. The van der Waals surface area contributed by atoms with E-state index in [0.717, 1.165) is 0 Å². The van der Waals surface area contributed by atoms with Gasteiger partial charge < -0.3 is 25.2 Å². The Balaban J connectivity index is 2.77. The molecule has 1 heterocycles. The van der Waals surface area contributed by atoms with Gasteiger partial charge in [0.15, 0.2) is 17.8 Å². The average molecular weight is 198 g/mol. The molecule has 1 aromatic rings. The van der Waals surface area contributed by atoms with E-state index in [9.17, 15) is 20.4 Å². The first-order chi connectivity index (χ1) is 6.54. The van der Waals surface area contributed by atoms with Crippen LogP contribution in [0.15, 0.2) is 0 Å². The zero-order valence-corrected chi connectivity index (χ0v) is 7.48. The number of phenols is 3. The van der Waals surface area contributed by atoms with Gasteiger partial charge in [0.25, 0.3) is 0 Å². The minimum absolute atomic E-state index is 0.115. The number of fused-ring (bicyclic) bond motifs is 1. The van der Waals surface area contributed by atoms with E-state index in [-0.39, 0.29) is 17.9 Å². The predicted octanol–water partition coefficient (Wildman–Crippen LogP) is 0.633. The van der Waals surface area contributed by atoms with Crippen molar-refractivity contribution in [3.8, 4) is 17.2 Å².